The van der Waals surface area contributed by atoms with Crippen LogP contribution in [0.15, 0.2) is 158 Å². The number of hydrogen-bond acceptors (Lipinski definition) is 3. The van der Waals surface area contributed by atoms with Gasteiger partial charge in [-0.05, 0) is 59.5 Å². The first-order valence-electron chi connectivity index (χ1n) is 15.2. The largest absolute Gasteiger partial charge is 0.251 e. The van der Waals surface area contributed by atoms with Crippen molar-refractivity contribution in [3.05, 3.63) is 163 Å². The van der Waals surface area contributed by atoms with E-state index in [1.807, 2.05) is 30.3 Å². The van der Waals surface area contributed by atoms with Crippen molar-refractivity contribution in [3.8, 4) is 56.0 Å². The predicted octanol–water partition coefficient (Wildman–Crippen LogP) is 10.8. The molecule has 0 aliphatic carbocycles. The number of nitrogens with zero attached hydrogens (tertiary/aromatic N) is 3. The molecule has 3 heterocycles. The van der Waals surface area contributed by atoms with Crippen molar-refractivity contribution in [1.82, 2.24) is 15.0 Å². The monoisotopic (exact) mass is 575 g/mol. The van der Waals surface area contributed by atoms with Crippen molar-refractivity contribution in [1.29, 1.82) is 0 Å². The van der Waals surface area contributed by atoms with E-state index in [1.165, 1.54) is 0 Å². The fraction of sp³-hybridized carbons (Fsp3) is 0.0238. The zero-order valence-electron chi connectivity index (χ0n) is 24.9. The molecule has 45 heavy (non-hydrogen) atoms. The SMILES string of the molecule is Cc1cc(-c2cccc(-c3cc(-c4ccccc4)nc(-c4ccccc4)c3)c2)c2ccc3ccc(-c4ccccc4)nc3c2n1. The summed E-state index contributed by atoms with van der Waals surface area (Å²) < 4.78 is 0. The van der Waals surface area contributed by atoms with Gasteiger partial charge in [-0.25, -0.2) is 9.97 Å². The third-order valence-electron chi connectivity index (χ3n) is 8.31. The van der Waals surface area contributed by atoms with E-state index in [2.05, 4.69) is 134 Å². The van der Waals surface area contributed by atoms with Gasteiger partial charge in [-0.15, -0.1) is 0 Å². The van der Waals surface area contributed by atoms with Crippen LogP contribution >= 0.6 is 0 Å². The maximum atomic E-state index is 5.12. The van der Waals surface area contributed by atoms with Gasteiger partial charge in [0.1, 0.15) is 0 Å². The second-order valence-corrected chi connectivity index (χ2v) is 11.3. The van der Waals surface area contributed by atoms with E-state index in [4.69, 9.17) is 15.0 Å². The van der Waals surface area contributed by atoms with Crippen molar-refractivity contribution in [2.75, 3.05) is 0 Å². The maximum absolute atomic E-state index is 5.12. The van der Waals surface area contributed by atoms with Gasteiger partial charge >= 0.3 is 0 Å². The molecular weight excluding hydrogens is 546 g/mol. The third-order valence-corrected chi connectivity index (χ3v) is 8.31. The molecule has 0 N–H and O–H groups in total. The molecule has 0 radical (unpaired) electrons. The molecule has 0 bridgehead atoms. The van der Waals surface area contributed by atoms with Gasteiger partial charge < -0.3 is 0 Å². The molecule has 0 aliphatic rings. The van der Waals surface area contributed by atoms with Crippen LogP contribution in [0.3, 0.4) is 0 Å². The smallest absolute Gasteiger partial charge is 0.0974 e. The van der Waals surface area contributed by atoms with Gasteiger partial charge in [0.2, 0.25) is 0 Å². The van der Waals surface area contributed by atoms with Gasteiger partial charge in [-0.1, -0.05) is 127 Å². The number of pyridine rings is 3. The number of aryl methyl sites for hydroxylation is 1. The summed E-state index contributed by atoms with van der Waals surface area (Å²) in [6.45, 7) is 2.06. The van der Waals surface area contributed by atoms with Gasteiger partial charge in [0.05, 0.1) is 28.1 Å². The highest BCUT2D eigenvalue weighted by atomic mass is 14.8. The topological polar surface area (TPSA) is 38.7 Å². The Morgan fingerprint density at radius 1 is 0.356 bits per heavy atom. The average Bonchev–Trinajstić information content (AvgIpc) is 3.12. The van der Waals surface area contributed by atoms with Crippen LogP contribution in [0.4, 0.5) is 0 Å². The molecule has 0 saturated carbocycles. The first-order chi connectivity index (χ1) is 22.2. The molecule has 0 saturated heterocycles. The molecule has 212 valence electrons. The van der Waals surface area contributed by atoms with E-state index in [1.54, 1.807) is 0 Å². The lowest BCUT2D eigenvalue weighted by molar-refractivity contribution is 1.25. The van der Waals surface area contributed by atoms with Gasteiger partial charge in [-0.2, -0.15) is 0 Å². The summed E-state index contributed by atoms with van der Waals surface area (Å²) in [5.41, 5.74) is 13.5. The minimum atomic E-state index is 0.920. The molecule has 3 heteroatoms. The Morgan fingerprint density at radius 3 is 1.56 bits per heavy atom. The lowest BCUT2D eigenvalue weighted by Gasteiger charge is -2.14. The first-order valence-corrected chi connectivity index (χ1v) is 15.2. The summed E-state index contributed by atoms with van der Waals surface area (Å²) in [5.74, 6) is 0. The number of benzene rings is 5. The second-order valence-electron chi connectivity index (χ2n) is 11.3. The highest BCUT2D eigenvalue weighted by molar-refractivity contribution is 6.09. The summed E-state index contributed by atoms with van der Waals surface area (Å²) in [6, 6.07) is 55.0. The van der Waals surface area contributed by atoms with E-state index in [9.17, 15) is 0 Å². The van der Waals surface area contributed by atoms with E-state index in [0.717, 1.165) is 83.5 Å². The fourth-order valence-electron chi connectivity index (χ4n) is 6.09. The van der Waals surface area contributed by atoms with Crippen molar-refractivity contribution >= 4 is 21.8 Å². The van der Waals surface area contributed by atoms with Crippen molar-refractivity contribution in [3.63, 3.8) is 0 Å². The normalized spacial score (nSPS) is 11.2. The molecule has 0 aliphatic heterocycles. The van der Waals surface area contributed by atoms with E-state index in [-0.39, 0.29) is 0 Å². The molecule has 0 fully saturated rings. The summed E-state index contributed by atoms with van der Waals surface area (Å²) in [5, 5.41) is 2.17. The van der Waals surface area contributed by atoms with Gasteiger partial charge in [0, 0.05) is 33.2 Å². The van der Waals surface area contributed by atoms with E-state index in [0.29, 0.717) is 0 Å². The van der Waals surface area contributed by atoms with Crippen LogP contribution in [0.1, 0.15) is 5.69 Å². The highest BCUT2D eigenvalue weighted by Gasteiger charge is 2.14. The zero-order valence-corrected chi connectivity index (χ0v) is 24.9. The summed E-state index contributed by atoms with van der Waals surface area (Å²) in [4.78, 5) is 15.2. The Labute approximate surface area is 262 Å². The molecule has 3 aromatic heterocycles. The molecule has 5 aromatic carbocycles. The molecule has 0 spiro atoms. The van der Waals surface area contributed by atoms with Crippen molar-refractivity contribution in [2.45, 2.75) is 6.92 Å². The van der Waals surface area contributed by atoms with Crippen LogP contribution in [0.25, 0.3) is 77.8 Å². The van der Waals surface area contributed by atoms with Crippen LogP contribution in [0.2, 0.25) is 0 Å². The number of fused-ring (bicyclic) bond motifs is 3. The molecule has 0 unspecified atom stereocenters. The minimum Gasteiger partial charge on any atom is -0.251 e. The highest BCUT2D eigenvalue weighted by Crippen LogP contribution is 2.36. The minimum absolute atomic E-state index is 0.920. The summed E-state index contributed by atoms with van der Waals surface area (Å²) in [7, 11) is 0. The van der Waals surface area contributed by atoms with Crippen LogP contribution in [0.5, 0.6) is 0 Å². The van der Waals surface area contributed by atoms with Crippen LogP contribution in [-0.2, 0) is 0 Å². The first kappa shape index (κ1) is 26.7. The third kappa shape index (κ3) is 5.15. The Morgan fingerprint density at radius 2 is 0.911 bits per heavy atom. The maximum Gasteiger partial charge on any atom is 0.0974 e. The van der Waals surface area contributed by atoms with Crippen LogP contribution in [0, 0.1) is 6.92 Å². The molecular formula is C42H29N3. The fourth-order valence-corrected chi connectivity index (χ4v) is 6.09. The summed E-state index contributed by atoms with van der Waals surface area (Å²) >= 11 is 0. The lowest BCUT2D eigenvalue weighted by Crippen LogP contribution is -1.94. The van der Waals surface area contributed by atoms with Gasteiger partial charge in [0.25, 0.3) is 0 Å². The predicted molar refractivity (Wildman–Crippen MR) is 187 cm³/mol. The molecule has 0 amide bonds. The van der Waals surface area contributed by atoms with Gasteiger partial charge in [-0.3, -0.25) is 4.98 Å². The zero-order chi connectivity index (χ0) is 30.2. The number of rotatable bonds is 5. The standard InChI is InChI=1S/C42H29N3/c1-28-24-37(36-22-20-32-21-23-38(29-12-5-2-6-13-29)45-41(32)42(36)43-28)34-19-11-18-33(25-34)35-26-39(30-14-7-3-8-15-30)44-40(27-35)31-16-9-4-10-17-31/h2-27H,1H3. The van der Waals surface area contributed by atoms with Crippen molar-refractivity contribution in [2.24, 2.45) is 0 Å². The number of aromatic nitrogens is 3. The summed E-state index contributed by atoms with van der Waals surface area (Å²) in [6.07, 6.45) is 0. The van der Waals surface area contributed by atoms with Gasteiger partial charge in [0.15, 0.2) is 0 Å². The average molecular weight is 576 g/mol. The molecule has 0 atom stereocenters. The van der Waals surface area contributed by atoms with E-state index >= 15 is 0 Å². The van der Waals surface area contributed by atoms with E-state index < -0.39 is 0 Å². The molecule has 8 rings (SSSR count). The Kier molecular flexibility index (Phi) is 6.69. The number of hydrogen-bond donors (Lipinski definition) is 0. The van der Waals surface area contributed by atoms with Crippen LogP contribution in [-0.4, -0.2) is 15.0 Å². The van der Waals surface area contributed by atoms with Crippen LogP contribution < -0.4 is 0 Å². The van der Waals surface area contributed by atoms with Crippen molar-refractivity contribution < 1.29 is 0 Å². The quantitative estimate of drug-likeness (QED) is 0.192. The second kappa shape index (κ2) is 11.3. The Hall–Kier alpha value is -5.93. The molecule has 8 aromatic rings. The lowest BCUT2D eigenvalue weighted by atomic mass is 9.94. The Bertz CT molecular complexity index is 2250. The molecule has 3 nitrogen and oxygen atoms in total. The Balaban J connectivity index is 1.29.